The third-order valence-electron chi connectivity index (χ3n) is 2.90. The molecular weight excluding hydrogens is 270 g/mol. The molecule has 1 aromatic rings. The molecule has 2 rings (SSSR count). The maximum Gasteiger partial charge on any atom is 0.233 e. The second-order valence-corrected chi connectivity index (χ2v) is 5.25. The van der Waals surface area contributed by atoms with Crippen LogP contribution in [0.5, 0.6) is 5.88 Å². The molecule has 16 heavy (non-hydrogen) atoms. The molecular formula is C11H16BrN3O. The lowest BCUT2D eigenvalue weighted by atomic mass is 9.89. The average Bonchev–Trinajstić information content (AvgIpc) is 2.24. The van der Waals surface area contributed by atoms with E-state index in [1.165, 1.54) is 12.8 Å². The van der Waals surface area contributed by atoms with Crippen molar-refractivity contribution in [3.63, 3.8) is 0 Å². The summed E-state index contributed by atoms with van der Waals surface area (Å²) in [7, 11) is 0. The van der Waals surface area contributed by atoms with Crippen LogP contribution >= 0.6 is 15.9 Å². The van der Waals surface area contributed by atoms with E-state index in [1.54, 1.807) is 6.20 Å². The van der Waals surface area contributed by atoms with E-state index in [9.17, 15) is 0 Å². The van der Waals surface area contributed by atoms with Crippen LogP contribution in [0.4, 0.5) is 5.95 Å². The number of aromatic nitrogens is 2. The first-order chi connectivity index (χ1) is 7.65. The normalized spacial score (nSPS) is 25.4. The molecule has 0 saturated heterocycles. The molecule has 1 aliphatic carbocycles. The first-order valence-electron chi connectivity index (χ1n) is 5.60. The highest BCUT2D eigenvalue weighted by Gasteiger charge is 2.21. The quantitative estimate of drug-likeness (QED) is 0.908. The van der Waals surface area contributed by atoms with Gasteiger partial charge in [-0.2, -0.15) is 4.98 Å². The van der Waals surface area contributed by atoms with Crippen LogP contribution < -0.4 is 10.5 Å². The van der Waals surface area contributed by atoms with E-state index in [0.717, 1.165) is 23.2 Å². The van der Waals surface area contributed by atoms with Crippen molar-refractivity contribution in [2.75, 3.05) is 5.73 Å². The fraction of sp³-hybridized carbons (Fsp3) is 0.636. The molecule has 1 aromatic heterocycles. The van der Waals surface area contributed by atoms with Crippen molar-refractivity contribution in [3.8, 4) is 5.88 Å². The monoisotopic (exact) mass is 285 g/mol. The number of hydrogen-bond donors (Lipinski definition) is 1. The minimum atomic E-state index is 0.252. The summed E-state index contributed by atoms with van der Waals surface area (Å²) in [6.45, 7) is 2.26. The van der Waals surface area contributed by atoms with Gasteiger partial charge in [0.25, 0.3) is 0 Å². The Morgan fingerprint density at radius 2 is 2.31 bits per heavy atom. The molecule has 1 heterocycles. The smallest absolute Gasteiger partial charge is 0.233 e. The number of hydrogen-bond acceptors (Lipinski definition) is 4. The van der Waals surface area contributed by atoms with Crippen molar-refractivity contribution < 1.29 is 4.74 Å². The van der Waals surface area contributed by atoms with Gasteiger partial charge in [0.05, 0.1) is 10.7 Å². The summed E-state index contributed by atoms with van der Waals surface area (Å²) in [5, 5.41) is 0. The van der Waals surface area contributed by atoms with Crippen molar-refractivity contribution in [2.24, 2.45) is 5.92 Å². The highest BCUT2D eigenvalue weighted by molar-refractivity contribution is 9.10. The lowest BCUT2D eigenvalue weighted by Gasteiger charge is -2.27. The lowest BCUT2D eigenvalue weighted by Crippen LogP contribution is -2.24. The zero-order valence-corrected chi connectivity index (χ0v) is 10.9. The molecule has 1 saturated carbocycles. The number of nitrogens with two attached hydrogens (primary N) is 1. The lowest BCUT2D eigenvalue weighted by molar-refractivity contribution is 0.123. The number of nitrogen functional groups attached to an aromatic ring is 1. The molecule has 0 spiro atoms. The van der Waals surface area contributed by atoms with Gasteiger partial charge in [-0.3, -0.25) is 0 Å². The number of nitrogens with zero attached hydrogens (tertiary/aromatic N) is 2. The fourth-order valence-corrected chi connectivity index (χ4v) is 2.37. The van der Waals surface area contributed by atoms with Gasteiger partial charge in [0.15, 0.2) is 0 Å². The predicted molar refractivity (Wildman–Crippen MR) is 66.2 cm³/mol. The minimum absolute atomic E-state index is 0.252. The summed E-state index contributed by atoms with van der Waals surface area (Å²) >= 11 is 3.37. The van der Waals surface area contributed by atoms with Crippen LogP contribution in [-0.4, -0.2) is 16.1 Å². The van der Waals surface area contributed by atoms with Gasteiger partial charge >= 0.3 is 0 Å². The molecule has 0 radical (unpaired) electrons. The summed E-state index contributed by atoms with van der Waals surface area (Å²) in [5.41, 5.74) is 5.54. The van der Waals surface area contributed by atoms with Crippen molar-refractivity contribution >= 4 is 21.9 Å². The summed E-state index contributed by atoms with van der Waals surface area (Å²) in [4.78, 5) is 7.98. The van der Waals surface area contributed by atoms with E-state index in [2.05, 4.69) is 32.8 Å². The standard InChI is InChI=1S/C11H16BrN3O/c1-7-3-2-4-8(5-7)16-10-9(12)6-14-11(13)15-10/h6-8H,2-5H2,1H3,(H2,13,14,15). The fourth-order valence-electron chi connectivity index (χ4n) is 2.09. The van der Waals surface area contributed by atoms with Crippen LogP contribution in [0, 0.1) is 5.92 Å². The second kappa shape index (κ2) is 4.99. The van der Waals surface area contributed by atoms with Crippen molar-refractivity contribution in [3.05, 3.63) is 10.7 Å². The third kappa shape index (κ3) is 2.84. The Morgan fingerprint density at radius 1 is 1.50 bits per heavy atom. The molecule has 1 fully saturated rings. The molecule has 0 aliphatic heterocycles. The molecule has 4 nitrogen and oxygen atoms in total. The van der Waals surface area contributed by atoms with E-state index >= 15 is 0 Å². The van der Waals surface area contributed by atoms with Gasteiger partial charge in [-0.15, -0.1) is 0 Å². The topological polar surface area (TPSA) is 61.0 Å². The van der Waals surface area contributed by atoms with Crippen molar-refractivity contribution in [1.82, 2.24) is 9.97 Å². The first kappa shape index (κ1) is 11.6. The van der Waals surface area contributed by atoms with Crippen LogP contribution in [-0.2, 0) is 0 Å². The summed E-state index contributed by atoms with van der Waals surface area (Å²) < 4.78 is 6.62. The van der Waals surface area contributed by atoms with Gasteiger partial charge in [0.2, 0.25) is 11.8 Å². The van der Waals surface area contributed by atoms with Crippen LogP contribution in [0.25, 0.3) is 0 Å². The zero-order valence-electron chi connectivity index (χ0n) is 9.32. The van der Waals surface area contributed by atoms with E-state index in [4.69, 9.17) is 10.5 Å². The third-order valence-corrected chi connectivity index (χ3v) is 3.44. The van der Waals surface area contributed by atoms with E-state index < -0.39 is 0 Å². The van der Waals surface area contributed by atoms with Gasteiger partial charge in [-0.05, 0) is 41.1 Å². The van der Waals surface area contributed by atoms with Crippen LogP contribution in [0.15, 0.2) is 10.7 Å². The summed E-state index contributed by atoms with van der Waals surface area (Å²) in [5.74, 6) is 1.55. The Kier molecular flexibility index (Phi) is 3.63. The predicted octanol–water partition coefficient (Wildman–Crippen LogP) is 2.78. The Hall–Kier alpha value is -0.840. The van der Waals surface area contributed by atoms with Crippen molar-refractivity contribution in [1.29, 1.82) is 0 Å². The molecule has 0 bridgehead atoms. The Labute approximate surface area is 104 Å². The number of ether oxygens (including phenoxy) is 1. The van der Waals surface area contributed by atoms with Crippen molar-refractivity contribution in [2.45, 2.75) is 38.7 Å². The zero-order chi connectivity index (χ0) is 11.5. The Balaban J connectivity index is 2.05. The number of halogens is 1. The molecule has 88 valence electrons. The molecule has 0 amide bonds. The van der Waals surface area contributed by atoms with Crippen LogP contribution in [0.3, 0.4) is 0 Å². The number of rotatable bonds is 2. The Bertz CT molecular complexity index is 372. The van der Waals surface area contributed by atoms with Gasteiger partial charge in [-0.1, -0.05) is 13.3 Å². The molecule has 5 heteroatoms. The van der Waals surface area contributed by atoms with E-state index in [1.807, 2.05) is 0 Å². The summed E-state index contributed by atoms with van der Waals surface area (Å²) in [6, 6.07) is 0. The SMILES string of the molecule is CC1CCCC(Oc2nc(N)ncc2Br)C1. The van der Waals surface area contributed by atoms with E-state index in [0.29, 0.717) is 5.88 Å². The van der Waals surface area contributed by atoms with Crippen LogP contribution in [0.1, 0.15) is 32.6 Å². The first-order valence-corrected chi connectivity index (χ1v) is 6.39. The molecule has 1 aliphatic rings. The summed E-state index contributed by atoms with van der Waals surface area (Å²) in [6.07, 6.45) is 6.60. The van der Waals surface area contributed by atoms with Crippen LogP contribution in [0.2, 0.25) is 0 Å². The molecule has 2 N–H and O–H groups in total. The maximum atomic E-state index is 5.86. The minimum Gasteiger partial charge on any atom is -0.473 e. The molecule has 2 atom stereocenters. The Morgan fingerprint density at radius 3 is 3.06 bits per heavy atom. The molecule has 2 unspecified atom stereocenters. The van der Waals surface area contributed by atoms with Gasteiger partial charge < -0.3 is 10.5 Å². The van der Waals surface area contributed by atoms with E-state index in [-0.39, 0.29) is 12.1 Å². The maximum absolute atomic E-state index is 5.86. The largest absolute Gasteiger partial charge is 0.473 e. The number of anilines is 1. The van der Waals surface area contributed by atoms with Gasteiger partial charge in [0.1, 0.15) is 6.10 Å². The average molecular weight is 286 g/mol. The highest BCUT2D eigenvalue weighted by Crippen LogP contribution is 2.29. The highest BCUT2D eigenvalue weighted by atomic mass is 79.9. The van der Waals surface area contributed by atoms with Gasteiger partial charge in [0, 0.05) is 0 Å². The second-order valence-electron chi connectivity index (χ2n) is 4.39. The molecule has 0 aromatic carbocycles. The van der Waals surface area contributed by atoms with Gasteiger partial charge in [-0.25, -0.2) is 4.98 Å².